The number of nitrogens with one attached hydrogen (secondary N) is 4. The maximum Gasteiger partial charge on any atom is 3.00 e. The molecule has 4 N–H and O–H groups in total. The number of H-pyrrole nitrogens is 3. The maximum absolute atomic E-state index is 14.7. The van der Waals surface area contributed by atoms with Gasteiger partial charge in [-0.25, -0.2) is 44.9 Å². The molecule has 0 saturated carbocycles. The number of carbonyl (C=O) groups excluding carboxylic acids is 1. The van der Waals surface area contributed by atoms with Crippen LogP contribution in [0.1, 0.15) is 93.4 Å². The van der Waals surface area contributed by atoms with Gasteiger partial charge in [-0.2, -0.15) is 44.6 Å². The van der Waals surface area contributed by atoms with Crippen molar-refractivity contribution < 1.29 is 73.8 Å². The Labute approximate surface area is 626 Å². The van der Waals surface area contributed by atoms with Crippen LogP contribution in [-0.2, 0) is 51.4 Å². The molecule has 0 saturated heterocycles. The van der Waals surface area contributed by atoms with Crippen LogP contribution >= 0.6 is 0 Å². The number of hydrazone groups is 1. The molecule has 0 amide bonds. The fraction of sp³-hybridized carbons (Fsp3) is 0.160. The van der Waals surface area contributed by atoms with E-state index in [1.165, 1.54) is 48.8 Å². The predicted molar refractivity (Wildman–Crippen MR) is 388 cm³/mol. The van der Waals surface area contributed by atoms with Crippen molar-refractivity contribution in [3.63, 3.8) is 0 Å². The quantitative estimate of drug-likeness (QED) is 0.0692. The molecule has 22 nitrogen and oxygen atoms in total. The average Bonchev–Trinajstić information content (AvgIpc) is 1.61. The van der Waals surface area contributed by atoms with E-state index >= 15 is 0 Å². The molecule has 17 heterocycles. The minimum atomic E-state index is -4.72. The molecule has 7 aliphatic rings. The standard InChI is InChI=1S/C30H21F3N8.C29H22F3N9.C10H9F3N2.C5H6N2O.CH4.ClH.Mn/c1-16-17-4-6-19(36-17)25(28-34-12-14-40(28)2)21-8-10-23(38-21)27(30(31,32)33)24-11-9-22(39-24)26(20-7-5-18(16)37-20)29-35-13-15-41(29)3;1-15-16-4-6-18(35-16)24(27-33-12-13-40(27)2)19-8-10-22(37-19)26(29(30,31)32)23-11-9-21(38-23)25(20-7-5-17(15)36-20)28-39-34-14-41(28)3;11-10(12,13)9(7-3-1-5-14-7)8-4-2-6-15-8;1-7-3-2-6-5(7)4-8;;;/h4-15H,1-3H3;4-14,37,39H,1-3H3;1-6,9,14-15H;2-4H,1H3;1H4;1H;/q-2;;;;;;+3/p-1. The van der Waals surface area contributed by atoms with Gasteiger partial charge in [0.25, 0.3) is 0 Å². The largest absolute Gasteiger partial charge is 3.00 e. The molecule has 0 aromatic carbocycles. The van der Waals surface area contributed by atoms with Gasteiger partial charge in [0.1, 0.15) is 41.1 Å². The molecule has 550 valence electrons. The van der Waals surface area contributed by atoms with Gasteiger partial charge < -0.3 is 60.5 Å². The first-order valence-electron chi connectivity index (χ1n) is 32.1. The number of aromatic nitrogens is 15. The molecule has 10 aromatic heterocycles. The number of fused-ring (bicyclic) bond motifs is 13. The number of nitrogens with zero attached hydrogens (tertiary/aromatic N) is 17. The molecule has 16 bridgehead atoms. The zero-order chi connectivity index (χ0) is 73.8. The van der Waals surface area contributed by atoms with E-state index in [-0.39, 0.29) is 70.9 Å². The van der Waals surface area contributed by atoms with Crippen LogP contribution in [0, 0.1) is 6.92 Å². The van der Waals surface area contributed by atoms with Crippen LogP contribution in [0.2, 0.25) is 0 Å². The van der Waals surface area contributed by atoms with E-state index in [2.05, 4.69) is 60.4 Å². The van der Waals surface area contributed by atoms with Crippen molar-refractivity contribution >= 4 is 87.3 Å². The Kier molecular flexibility index (Phi) is 21.7. The van der Waals surface area contributed by atoms with Gasteiger partial charge >= 0.3 is 35.6 Å². The molecular weight excluding hydrogens is 1470 g/mol. The molecule has 17 rings (SSSR count). The third kappa shape index (κ3) is 15.0. The molecule has 0 fully saturated rings. The van der Waals surface area contributed by atoms with Crippen molar-refractivity contribution in [3.05, 3.63) is 261 Å². The fourth-order valence-electron chi connectivity index (χ4n) is 12.5. The first-order valence-corrected chi connectivity index (χ1v) is 32.1. The summed E-state index contributed by atoms with van der Waals surface area (Å²) in [6, 6.07) is 15.6. The number of hydrogen-bond donors (Lipinski definition) is 4. The summed E-state index contributed by atoms with van der Waals surface area (Å²) in [7, 11) is 9.01. The Morgan fingerprint density at radius 2 is 1.00 bits per heavy atom. The minimum absolute atomic E-state index is 0. The number of aliphatic imine (C=N–C) groups is 3. The van der Waals surface area contributed by atoms with E-state index in [1.54, 1.807) is 130 Å². The van der Waals surface area contributed by atoms with Gasteiger partial charge in [-0.3, -0.25) is 10.2 Å². The Bertz CT molecular complexity index is 5670. The van der Waals surface area contributed by atoms with Gasteiger partial charge in [0.15, 0.2) is 12.1 Å². The summed E-state index contributed by atoms with van der Waals surface area (Å²) in [6.45, 7) is 3.87. The number of allylic oxidation sites excluding steroid dienone is 9. The van der Waals surface area contributed by atoms with Crippen LogP contribution in [0.4, 0.5) is 39.5 Å². The van der Waals surface area contributed by atoms with Crippen LogP contribution in [0.5, 0.6) is 0 Å². The Hall–Kier alpha value is -12.4. The Morgan fingerprint density at radius 3 is 1.51 bits per heavy atom. The minimum Gasteiger partial charge on any atom is -1.00 e. The number of carbonyl (C=O) groups is 1. The number of aromatic amines is 3. The monoisotopic (exact) mass is 1530 g/mol. The average molecular weight is 1530 g/mol. The number of imidazole rings is 4. The topological polar surface area (TPSA) is 254 Å². The summed E-state index contributed by atoms with van der Waals surface area (Å²) in [5.74, 6) is 1.03. The van der Waals surface area contributed by atoms with Gasteiger partial charge in [-0.1, -0.05) is 31.7 Å². The second-order valence-electron chi connectivity index (χ2n) is 24.4. The molecule has 0 radical (unpaired) electrons. The number of hydrogen-bond acceptors (Lipinski definition) is 13. The third-order valence-corrected chi connectivity index (χ3v) is 17.7. The van der Waals surface area contributed by atoms with E-state index in [0.29, 0.717) is 119 Å². The first kappa shape index (κ1) is 76.7. The molecule has 0 unspecified atom stereocenters. The summed E-state index contributed by atoms with van der Waals surface area (Å²) in [5.41, 5.74) is 10.8. The summed E-state index contributed by atoms with van der Waals surface area (Å²) < 4.78 is 133. The second-order valence-corrected chi connectivity index (χ2v) is 24.4. The van der Waals surface area contributed by atoms with Crippen molar-refractivity contribution in [2.75, 3.05) is 7.05 Å². The smallest absolute Gasteiger partial charge is 1.00 e. The molecule has 10 aromatic rings. The van der Waals surface area contributed by atoms with Crippen LogP contribution in [0.25, 0.3) is 80.3 Å². The molecule has 7 aliphatic heterocycles. The fourth-order valence-corrected chi connectivity index (χ4v) is 12.5. The van der Waals surface area contributed by atoms with Crippen molar-refractivity contribution in [2.24, 2.45) is 48.3 Å². The predicted octanol–water partition coefficient (Wildman–Crippen LogP) is 11.7. The SMILES string of the molecule is C.CC1=C2C=CC(=N2)C(=C2NN=CN2C)C2=NC(=C(C(F)(F)F)c3ccc([nH]3)C(c3nccn3C)=C3C=CC1=N3)C=C2.Cc1c2nc(c(-c3nccn3C)c3ccc([n-]3)c(C(F)(F)F)c3nc(c(-c4nccn4C)c4ccc1[n-]4)C=C3)C=C2.Cn1ccnc1C=O.FC(F)(F)C(c1ccc[nH]1)c1ccc[nH]1.[Cl-].[Mn+3]. The number of halogens is 10. The van der Waals surface area contributed by atoms with Crippen LogP contribution < -0.4 is 27.8 Å². The molecule has 0 atom stereocenters. The maximum atomic E-state index is 14.7. The zero-order valence-corrected chi connectivity index (χ0v) is 59.2. The summed E-state index contributed by atoms with van der Waals surface area (Å²) >= 11 is 0. The van der Waals surface area contributed by atoms with E-state index in [4.69, 9.17) is 20.0 Å². The van der Waals surface area contributed by atoms with Gasteiger partial charge in [0, 0.05) is 125 Å². The molecule has 0 spiro atoms. The van der Waals surface area contributed by atoms with Crippen LogP contribution in [0.3, 0.4) is 0 Å². The molecular formula is C75H62ClF9MnN21O. The summed E-state index contributed by atoms with van der Waals surface area (Å²) in [5, 5.41) is 4.10. The van der Waals surface area contributed by atoms with Crippen molar-refractivity contribution in [1.82, 2.24) is 83.4 Å². The van der Waals surface area contributed by atoms with Crippen molar-refractivity contribution in [1.29, 1.82) is 0 Å². The number of alkyl halides is 9. The van der Waals surface area contributed by atoms with Crippen molar-refractivity contribution in [3.8, 4) is 22.8 Å². The van der Waals surface area contributed by atoms with E-state index in [9.17, 15) is 44.3 Å². The van der Waals surface area contributed by atoms with Gasteiger partial charge in [-0.15, -0.1) is 22.1 Å². The summed E-state index contributed by atoms with van der Waals surface area (Å²) in [4.78, 5) is 69.9. The van der Waals surface area contributed by atoms with Crippen LogP contribution in [0.15, 0.2) is 213 Å². The number of rotatable bonds is 6. The first-order chi connectivity index (χ1) is 50.3. The normalized spacial score (nSPS) is 15.5. The Balaban J connectivity index is 0.000000163. The third-order valence-electron chi connectivity index (χ3n) is 17.7. The Morgan fingerprint density at radius 1 is 0.509 bits per heavy atom. The van der Waals surface area contributed by atoms with E-state index < -0.39 is 35.6 Å². The number of aldehydes is 1. The molecule has 0 aliphatic carbocycles. The molecule has 108 heavy (non-hydrogen) atoms. The number of aryl methyl sites for hydroxylation is 5. The zero-order valence-electron chi connectivity index (χ0n) is 57.2. The van der Waals surface area contributed by atoms with Crippen LogP contribution in [-0.4, -0.2) is 117 Å². The molecule has 33 heteroatoms. The van der Waals surface area contributed by atoms with E-state index in [0.717, 1.165) is 17.4 Å². The second kappa shape index (κ2) is 30.6. The van der Waals surface area contributed by atoms with Crippen molar-refractivity contribution in [2.45, 2.75) is 45.7 Å². The summed E-state index contributed by atoms with van der Waals surface area (Å²) in [6.07, 6.45) is 22.0. The van der Waals surface area contributed by atoms with E-state index in [1.807, 2.05) is 83.6 Å². The van der Waals surface area contributed by atoms with Gasteiger partial charge in [0.05, 0.1) is 85.1 Å². The van der Waals surface area contributed by atoms with Gasteiger partial charge in [-0.05, 0) is 117 Å². The van der Waals surface area contributed by atoms with Gasteiger partial charge in [0.2, 0.25) is 0 Å².